The van der Waals surface area contributed by atoms with Gasteiger partial charge < -0.3 is 34.8 Å². The second-order valence-corrected chi connectivity index (χ2v) is 11.2. The number of imidazole rings is 1. The van der Waals surface area contributed by atoms with Gasteiger partial charge in [-0.05, 0) is 95.7 Å². The standard InChI is InChI=1S/C30H36BrN5O4/c1-18-14-21(19-7-10-36(11-8-19)12-13-39-2)16-24-28(18)35-29(34-24)27-23(6-9-32-30(27)38)33-17-25(37)20-4-5-26(40-3)22(31)15-20/h4-6,9,14-16,19,25,37H,7-8,10-13,17H2,1-3H3,(H,34,35)(H2,32,33,38)/t25-/m1/s1. The Balaban J connectivity index is 1.36. The molecular weight excluding hydrogens is 574 g/mol. The first kappa shape index (κ1) is 28.4. The Bertz CT molecular complexity index is 1530. The number of pyridine rings is 1. The highest BCUT2D eigenvalue weighted by Crippen LogP contribution is 2.33. The van der Waals surface area contributed by atoms with Crippen molar-refractivity contribution in [1.82, 2.24) is 19.9 Å². The number of piperidine rings is 1. The molecule has 9 nitrogen and oxygen atoms in total. The van der Waals surface area contributed by atoms with Crippen molar-refractivity contribution in [2.75, 3.05) is 52.3 Å². The Morgan fingerprint density at radius 1 is 1.20 bits per heavy atom. The molecule has 1 fully saturated rings. The van der Waals surface area contributed by atoms with Gasteiger partial charge in [0.05, 0.1) is 41.0 Å². The van der Waals surface area contributed by atoms with Crippen molar-refractivity contribution < 1.29 is 14.6 Å². The van der Waals surface area contributed by atoms with Crippen LogP contribution in [0.25, 0.3) is 22.4 Å². The zero-order chi connectivity index (χ0) is 28.2. The summed E-state index contributed by atoms with van der Waals surface area (Å²) in [6, 6.07) is 11.7. The first-order valence-corrected chi connectivity index (χ1v) is 14.4. The lowest BCUT2D eigenvalue weighted by molar-refractivity contribution is 0.130. The van der Waals surface area contributed by atoms with E-state index in [1.807, 2.05) is 12.1 Å². The van der Waals surface area contributed by atoms with Gasteiger partial charge in [0.15, 0.2) is 0 Å². The molecule has 2 aromatic carbocycles. The van der Waals surface area contributed by atoms with E-state index in [0.717, 1.165) is 65.7 Å². The first-order chi connectivity index (χ1) is 19.4. The van der Waals surface area contributed by atoms with E-state index in [-0.39, 0.29) is 12.1 Å². The smallest absolute Gasteiger partial charge is 0.261 e. The third-order valence-corrected chi connectivity index (χ3v) is 8.33. The average Bonchev–Trinajstić information content (AvgIpc) is 3.39. The summed E-state index contributed by atoms with van der Waals surface area (Å²) in [6.07, 6.45) is 3.01. The quantitative estimate of drug-likeness (QED) is 0.201. The number of H-pyrrole nitrogens is 2. The molecule has 0 aliphatic carbocycles. The van der Waals surface area contributed by atoms with Crippen molar-refractivity contribution in [3.8, 4) is 17.1 Å². The second-order valence-electron chi connectivity index (χ2n) is 10.3. The maximum Gasteiger partial charge on any atom is 0.261 e. The third-order valence-electron chi connectivity index (χ3n) is 7.71. The van der Waals surface area contributed by atoms with Crippen LogP contribution < -0.4 is 15.6 Å². The minimum Gasteiger partial charge on any atom is -0.496 e. The summed E-state index contributed by atoms with van der Waals surface area (Å²) < 4.78 is 11.3. The fraction of sp³-hybridized carbons (Fsp3) is 0.400. The number of anilines is 1. The Labute approximate surface area is 242 Å². The minimum atomic E-state index is -0.796. The van der Waals surface area contributed by atoms with Crippen LogP contribution >= 0.6 is 15.9 Å². The van der Waals surface area contributed by atoms with Crippen LogP contribution in [0.4, 0.5) is 5.69 Å². The van der Waals surface area contributed by atoms with Crippen molar-refractivity contribution in [1.29, 1.82) is 0 Å². The fourth-order valence-corrected chi connectivity index (χ4v) is 6.02. The zero-order valence-electron chi connectivity index (χ0n) is 23.1. The Hall–Kier alpha value is -3.18. The number of nitrogens with one attached hydrogen (secondary N) is 3. The van der Waals surface area contributed by atoms with E-state index < -0.39 is 6.10 Å². The number of ether oxygens (including phenoxy) is 2. The van der Waals surface area contributed by atoms with Gasteiger partial charge in [0.1, 0.15) is 17.1 Å². The van der Waals surface area contributed by atoms with Crippen molar-refractivity contribution in [3.63, 3.8) is 0 Å². The molecule has 212 valence electrons. The minimum absolute atomic E-state index is 0.210. The van der Waals surface area contributed by atoms with Crippen molar-refractivity contribution in [2.24, 2.45) is 0 Å². The molecule has 1 aliphatic rings. The SMILES string of the molecule is COCCN1CCC(c2cc(C)c3nc(-c4c(NC[C@@H](O)c5ccc(OC)c(Br)c5)cc[nH]c4=O)[nH]c3c2)CC1. The molecule has 4 N–H and O–H groups in total. The molecular formula is C30H36BrN5O4. The average molecular weight is 611 g/mol. The lowest BCUT2D eigenvalue weighted by Crippen LogP contribution is -2.35. The molecule has 2 aromatic heterocycles. The summed E-state index contributed by atoms with van der Waals surface area (Å²) in [6.45, 7) is 6.14. The molecule has 10 heteroatoms. The first-order valence-electron chi connectivity index (χ1n) is 13.6. The van der Waals surface area contributed by atoms with Gasteiger partial charge in [-0.2, -0.15) is 0 Å². The molecule has 3 heterocycles. The van der Waals surface area contributed by atoms with E-state index in [1.54, 1.807) is 32.5 Å². The van der Waals surface area contributed by atoms with E-state index in [2.05, 4.69) is 55.2 Å². The van der Waals surface area contributed by atoms with Crippen LogP contribution in [0, 0.1) is 6.92 Å². The summed E-state index contributed by atoms with van der Waals surface area (Å²) in [5.74, 6) is 1.68. The van der Waals surface area contributed by atoms with Crippen LogP contribution in [-0.2, 0) is 4.74 Å². The highest BCUT2D eigenvalue weighted by molar-refractivity contribution is 9.10. The molecule has 1 aliphatic heterocycles. The highest BCUT2D eigenvalue weighted by Gasteiger charge is 2.23. The number of hydrogen-bond acceptors (Lipinski definition) is 7. The van der Waals surface area contributed by atoms with Gasteiger partial charge in [0.25, 0.3) is 5.56 Å². The number of likely N-dealkylation sites (tertiary alicyclic amines) is 1. The Kier molecular flexibility index (Phi) is 8.90. The summed E-state index contributed by atoms with van der Waals surface area (Å²) >= 11 is 3.47. The molecule has 0 saturated carbocycles. The van der Waals surface area contributed by atoms with E-state index >= 15 is 0 Å². The molecule has 40 heavy (non-hydrogen) atoms. The lowest BCUT2D eigenvalue weighted by Gasteiger charge is -2.32. The number of nitrogens with zero attached hydrogens (tertiary/aromatic N) is 2. The largest absolute Gasteiger partial charge is 0.496 e. The van der Waals surface area contributed by atoms with Gasteiger partial charge in [-0.1, -0.05) is 12.1 Å². The number of aromatic nitrogens is 3. The normalized spacial score (nSPS) is 15.4. The van der Waals surface area contributed by atoms with Crippen LogP contribution in [0.1, 0.15) is 41.6 Å². The monoisotopic (exact) mass is 609 g/mol. The van der Waals surface area contributed by atoms with Crippen molar-refractivity contribution in [3.05, 3.63) is 74.1 Å². The summed E-state index contributed by atoms with van der Waals surface area (Å²) in [4.78, 5) is 26.5. The van der Waals surface area contributed by atoms with Crippen LogP contribution in [-0.4, -0.2) is 72.0 Å². The molecule has 1 atom stereocenters. The van der Waals surface area contributed by atoms with Crippen LogP contribution in [0.15, 0.2) is 51.9 Å². The third kappa shape index (κ3) is 6.10. The number of benzene rings is 2. The maximum atomic E-state index is 13.0. The highest BCUT2D eigenvalue weighted by atomic mass is 79.9. The van der Waals surface area contributed by atoms with E-state index in [1.165, 1.54) is 5.56 Å². The Morgan fingerprint density at radius 2 is 2.00 bits per heavy atom. The number of aliphatic hydroxyl groups excluding tert-OH is 1. The van der Waals surface area contributed by atoms with Gasteiger partial charge in [0.2, 0.25) is 0 Å². The number of halogens is 1. The molecule has 4 aromatic rings. The molecule has 0 spiro atoms. The summed E-state index contributed by atoms with van der Waals surface area (Å²) in [5.41, 5.74) is 5.64. The molecule has 0 amide bonds. The second kappa shape index (κ2) is 12.6. The molecule has 5 rings (SSSR count). The number of methoxy groups -OCH3 is 2. The van der Waals surface area contributed by atoms with Gasteiger partial charge in [-0.15, -0.1) is 0 Å². The molecule has 0 bridgehead atoms. The number of hydrogen-bond donors (Lipinski definition) is 4. The van der Waals surface area contributed by atoms with Crippen molar-refractivity contribution >= 4 is 32.7 Å². The number of rotatable bonds is 10. The predicted molar refractivity (Wildman–Crippen MR) is 161 cm³/mol. The summed E-state index contributed by atoms with van der Waals surface area (Å²) in [7, 11) is 3.34. The van der Waals surface area contributed by atoms with Gasteiger partial charge in [0, 0.05) is 26.4 Å². The number of aromatic amines is 2. The van der Waals surface area contributed by atoms with E-state index in [4.69, 9.17) is 14.5 Å². The fourth-order valence-electron chi connectivity index (χ4n) is 5.46. The van der Waals surface area contributed by atoms with Gasteiger partial charge in [-0.25, -0.2) is 4.98 Å². The number of aryl methyl sites for hydroxylation is 1. The lowest BCUT2D eigenvalue weighted by atomic mass is 9.88. The number of aliphatic hydroxyl groups is 1. The number of fused-ring (bicyclic) bond motifs is 1. The van der Waals surface area contributed by atoms with E-state index in [0.29, 0.717) is 28.7 Å². The predicted octanol–water partition coefficient (Wildman–Crippen LogP) is 4.97. The zero-order valence-corrected chi connectivity index (χ0v) is 24.7. The van der Waals surface area contributed by atoms with Crippen LogP contribution in [0.3, 0.4) is 0 Å². The van der Waals surface area contributed by atoms with Crippen LogP contribution in [0.2, 0.25) is 0 Å². The molecule has 0 unspecified atom stereocenters. The van der Waals surface area contributed by atoms with Crippen LogP contribution in [0.5, 0.6) is 5.75 Å². The topological polar surface area (TPSA) is 116 Å². The summed E-state index contributed by atoms with van der Waals surface area (Å²) in [5, 5.41) is 14.1. The Morgan fingerprint density at radius 3 is 2.73 bits per heavy atom. The molecule has 1 saturated heterocycles. The maximum absolute atomic E-state index is 13.0. The van der Waals surface area contributed by atoms with Crippen molar-refractivity contribution in [2.45, 2.75) is 31.8 Å². The van der Waals surface area contributed by atoms with Gasteiger partial charge in [-0.3, -0.25) is 4.79 Å². The van der Waals surface area contributed by atoms with E-state index in [9.17, 15) is 9.90 Å². The molecule has 0 radical (unpaired) electrons. The van der Waals surface area contributed by atoms with Gasteiger partial charge >= 0.3 is 0 Å².